The highest BCUT2D eigenvalue weighted by Crippen LogP contribution is 2.25. The van der Waals surface area contributed by atoms with E-state index in [2.05, 4.69) is 39.2 Å². The molecule has 0 bridgehead atoms. The van der Waals surface area contributed by atoms with Crippen molar-refractivity contribution in [1.82, 2.24) is 14.6 Å². The molecule has 0 spiro atoms. The maximum absolute atomic E-state index is 12.6. The Labute approximate surface area is 173 Å². The summed E-state index contributed by atoms with van der Waals surface area (Å²) in [5, 5.41) is 3.99. The van der Waals surface area contributed by atoms with Crippen LogP contribution in [0.1, 0.15) is 27.2 Å². The zero-order chi connectivity index (χ0) is 20.6. The number of halogens is 1. The normalized spacial score (nSPS) is 11.9. The van der Waals surface area contributed by atoms with Crippen molar-refractivity contribution in [3.8, 4) is 0 Å². The molecule has 3 aromatic rings. The number of nitrogens with one attached hydrogen (secondary N) is 2. The Morgan fingerprint density at radius 2 is 1.86 bits per heavy atom. The van der Waals surface area contributed by atoms with Crippen LogP contribution in [0.3, 0.4) is 0 Å². The third-order valence-electron chi connectivity index (χ3n) is 4.78. The molecule has 0 aliphatic carbocycles. The number of amides is 1. The van der Waals surface area contributed by atoms with Gasteiger partial charge in [0.2, 0.25) is 10.0 Å². The fraction of sp³-hybridized carbons (Fsp3) is 0.250. The van der Waals surface area contributed by atoms with Crippen LogP contribution in [0.15, 0.2) is 45.8 Å². The highest BCUT2D eigenvalue weighted by Gasteiger charge is 2.22. The topological polar surface area (TPSA) is 82.3 Å². The lowest BCUT2D eigenvalue weighted by Crippen LogP contribution is -2.25. The molecular formula is C20H22BrN3O3S. The standard InChI is InChI=1S/C20H22BrN3O3S/c1-12-13(2)23-18-8-5-14(9-16(12)18)11-22-20(25)15-6-7-17(21)19(10-15)28(26,27)24(3)4/h5-10,23H,11H2,1-4H3,(H,22,25). The molecule has 0 aliphatic rings. The summed E-state index contributed by atoms with van der Waals surface area (Å²) in [6.45, 7) is 4.44. The largest absolute Gasteiger partial charge is 0.358 e. The molecule has 0 saturated carbocycles. The van der Waals surface area contributed by atoms with Crippen molar-refractivity contribution in [3.63, 3.8) is 0 Å². The molecule has 28 heavy (non-hydrogen) atoms. The van der Waals surface area contributed by atoms with Crippen molar-refractivity contribution in [2.45, 2.75) is 25.3 Å². The van der Waals surface area contributed by atoms with Gasteiger partial charge in [0.15, 0.2) is 0 Å². The first kappa shape index (κ1) is 20.6. The molecule has 8 heteroatoms. The second kappa shape index (κ2) is 7.69. The summed E-state index contributed by atoms with van der Waals surface area (Å²) in [6.07, 6.45) is 0. The maximum atomic E-state index is 12.6. The highest BCUT2D eigenvalue weighted by atomic mass is 79.9. The predicted octanol–water partition coefficient (Wildman–Crippen LogP) is 3.73. The molecule has 2 N–H and O–H groups in total. The van der Waals surface area contributed by atoms with Crippen LogP contribution < -0.4 is 5.32 Å². The average Bonchev–Trinajstić information content (AvgIpc) is 2.93. The SMILES string of the molecule is Cc1[nH]c2ccc(CNC(=O)c3ccc(Br)c(S(=O)(=O)N(C)C)c3)cc2c1C. The number of rotatable bonds is 5. The first-order chi connectivity index (χ1) is 13.1. The van der Waals surface area contributed by atoms with Crippen molar-refractivity contribution in [2.75, 3.05) is 14.1 Å². The number of aromatic amines is 1. The van der Waals surface area contributed by atoms with Crippen molar-refractivity contribution in [3.05, 3.63) is 63.3 Å². The van der Waals surface area contributed by atoms with E-state index in [0.717, 1.165) is 26.5 Å². The van der Waals surface area contributed by atoms with E-state index in [1.54, 1.807) is 12.1 Å². The van der Waals surface area contributed by atoms with E-state index in [1.165, 1.54) is 25.7 Å². The van der Waals surface area contributed by atoms with Gasteiger partial charge in [0.05, 0.1) is 4.90 Å². The molecular weight excluding hydrogens is 442 g/mol. The molecule has 0 atom stereocenters. The van der Waals surface area contributed by atoms with Crippen LogP contribution in [0.25, 0.3) is 10.9 Å². The summed E-state index contributed by atoms with van der Waals surface area (Å²) in [4.78, 5) is 16.0. The smallest absolute Gasteiger partial charge is 0.251 e. The molecule has 0 aliphatic heterocycles. The van der Waals surface area contributed by atoms with Gasteiger partial charge in [-0.05, 0) is 71.2 Å². The zero-order valence-corrected chi connectivity index (χ0v) is 18.5. The van der Waals surface area contributed by atoms with Gasteiger partial charge in [-0.25, -0.2) is 12.7 Å². The van der Waals surface area contributed by atoms with Crippen LogP contribution in [-0.4, -0.2) is 37.7 Å². The van der Waals surface area contributed by atoms with E-state index in [-0.39, 0.29) is 10.8 Å². The average molecular weight is 464 g/mol. The molecule has 6 nitrogen and oxygen atoms in total. The second-order valence-electron chi connectivity index (χ2n) is 6.87. The molecule has 0 unspecified atom stereocenters. The van der Waals surface area contributed by atoms with E-state index < -0.39 is 10.0 Å². The van der Waals surface area contributed by atoms with Crippen molar-refractivity contribution < 1.29 is 13.2 Å². The third kappa shape index (κ3) is 3.85. The summed E-state index contributed by atoms with van der Waals surface area (Å²) >= 11 is 3.25. The molecule has 0 saturated heterocycles. The summed E-state index contributed by atoms with van der Waals surface area (Å²) in [5.74, 6) is -0.329. The van der Waals surface area contributed by atoms with Gasteiger partial charge in [0.25, 0.3) is 5.91 Å². The zero-order valence-electron chi connectivity index (χ0n) is 16.1. The first-order valence-electron chi connectivity index (χ1n) is 8.69. The van der Waals surface area contributed by atoms with Crippen LogP contribution in [-0.2, 0) is 16.6 Å². The number of carbonyl (C=O) groups excluding carboxylic acids is 1. The predicted molar refractivity (Wildman–Crippen MR) is 114 cm³/mol. The molecule has 148 valence electrons. The lowest BCUT2D eigenvalue weighted by atomic mass is 10.1. The summed E-state index contributed by atoms with van der Waals surface area (Å²) < 4.78 is 26.4. The number of fused-ring (bicyclic) bond motifs is 1. The second-order valence-corrected chi connectivity index (χ2v) is 9.84. The van der Waals surface area contributed by atoms with Gasteiger partial charge in [0, 0.05) is 47.3 Å². The molecule has 1 heterocycles. The van der Waals surface area contributed by atoms with Gasteiger partial charge in [-0.1, -0.05) is 6.07 Å². The van der Waals surface area contributed by atoms with Gasteiger partial charge >= 0.3 is 0 Å². The van der Waals surface area contributed by atoms with Crippen molar-refractivity contribution in [1.29, 1.82) is 0 Å². The van der Waals surface area contributed by atoms with E-state index >= 15 is 0 Å². The number of aryl methyl sites for hydroxylation is 2. The number of hydrogen-bond acceptors (Lipinski definition) is 3. The number of sulfonamides is 1. The first-order valence-corrected chi connectivity index (χ1v) is 10.9. The Morgan fingerprint density at radius 1 is 1.14 bits per heavy atom. The van der Waals surface area contributed by atoms with E-state index in [4.69, 9.17) is 0 Å². The van der Waals surface area contributed by atoms with E-state index in [1.807, 2.05) is 19.1 Å². The summed E-state index contributed by atoms with van der Waals surface area (Å²) in [5.41, 5.74) is 4.64. The fourth-order valence-corrected chi connectivity index (χ4v) is 4.79. The Bertz CT molecular complexity index is 1170. The van der Waals surface area contributed by atoms with E-state index in [9.17, 15) is 13.2 Å². The summed E-state index contributed by atoms with van der Waals surface area (Å²) in [6, 6.07) is 10.6. The van der Waals surface area contributed by atoms with Crippen molar-refractivity contribution in [2.24, 2.45) is 0 Å². The molecule has 2 aromatic carbocycles. The molecule has 1 amide bonds. The van der Waals surface area contributed by atoms with Gasteiger partial charge < -0.3 is 10.3 Å². The van der Waals surface area contributed by atoms with Crippen LogP contribution in [0.4, 0.5) is 0 Å². The minimum atomic E-state index is -3.65. The van der Waals surface area contributed by atoms with Gasteiger partial charge in [-0.3, -0.25) is 4.79 Å². The van der Waals surface area contributed by atoms with Crippen LogP contribution in [0, 0.1) is 13.8 Å². The number of benzene rings is 2. The quantitative estimate of drug-likeness (QED) is 0.604. The Hall–Kier alpha value is -2.16. The van der Waals surface area contributed by atoms with E-state index in [0.29, 0.717) is 16.6 Å². The summed E-state index contributed by atoms with van der Waals surface area (Å²) in [7, 11) is -0.747. The Balaban J connectivity index is 1.81. The van der Waals surface area contributed by atoms with Crippen molar-refractivity contribution >= 4 is 42.8 Å². The monoisotopic (exact) mass is 463 g/mol. The minimum absolute atomic E-state index is 0.0602. The lowest BCUT2D eigenvalue weighted by molar-refractivity contribution is 0.0950. The molecule has 3 rings (SSSR count). The van der Waals surface area contributed by atoms with Gasteiger partial charge in [-0.2, -0.15) is 0 Å². The lowest BCUT2D eigenvalue weighted by Gasteiger charge is -2.14. The van der Waals surface area contributed by atoms with Crippen LogP contribution in [0.5, 0.6) is 0 Å². The van der Waals surface area contributed by atoms with Crippen LogP contribution in [0.2, 0.25) is 0 Å². The fourth-order valence-electron chi connectivity index (χ4n) is 2.94. The number of nitrogens with zero attached hydrogens (tertiary/aromatic N) is 1. The maximum Gasteiger partial charge on any atom is 0.251 e. The third-order valence-corrected chi connectivity index (χ3v) is 7.59. The Morgan fingerprint density at radius 3 is 2.54 bits per heavy atom. The number of carbonyl (C=O) groups is 1. The highest BCUT2D eigenvalue weighted by molar-refractivity contribution is 9.10. The van der Waals surface area contributed by atoms with Crippen LogP contribution >= 0.6 is 15.9 Å². The minimum Gasteiger partial charge on any atom is -0.358 e. The number of aromatic nitrogens is 1. The molecule has 0 fully saturated rings. The van der Waals surface area contributed by atoms with Gasteiger partial charge in [0.1, 0.15) is 0 Å². The Kier molecular flexibility index (Phi) is 5.65. The van der Waals surface area contributed by atoms with Gasteiger partial charge in [-0.15, -0.1) is 0 Å². The number of H-pyrrole nitrogens is 1. The molecule has 0 radical (unpaired) electrons. The number of hydrogen-bond donors (Lipinski definition) is 2. The molecule has 1 aromatic heterocycles.